The molecule has 132 valence electrons. The van der Waals surface area contributed by atoms with Crippen LogP contribution in [0.25, 0.3) is 0 Å². The van der Waals surface area contributed by atoms with E-state index in [9.17, 15) is 4.79 Å². The molecule has 0 atom stereocenters. The van der Waals surface area contributed by atoms with Crippen molar-refractivity contribution < 1.29 is 9.90 Å². The second-order valence-electron chi connectivity index (χ2n) is 7.08. The van der Waals surface area contributed by atoms with Crippen LogP contribution in [-0.2, 0) is 0 Å². The molecule has 1 saturated heterocycles. The van der Waals surface area contributed by atoms with Gasteiger partial charge in [-0.05, 0) is 32.6 Å². The number of likely N-dealkylation sites (tertiary alicyclic amines) is 1. The van der Waals surface area contributed by atoms with Crippen LogP contribution in [0.3, 0.4) is 0 Å². The van der Waals surface area contributed by atoms with Gasteiger partial charge in [0.05, 0.1) is 11.9 Å². The molecule has 0 spiro atoms. The molecule has 0 unspecified atom stereocenters. The lowest BCUT2D eigenvalue weighted by atomic mass is 10.0. The van der Waals surface area contributed by atoms with Crippen molar-refractivity contribution in [3.8, 4) is 0 Å². The Morgan fingerprint density at radius 3 is 2.67 bits per heavy atom. The molecule has 1 aromatic rings. The van der Waals surface area contributed by atoms with Crippen molar-refractivity contribution in [3.63, 3.8) is 0 Å². The molecule has 0 aromatic carbocycles. The summed E-state index contributed by atoms with van der Waals surface area (Å²) in [5.74, 6) is 1.22. The largest absolute Gasteiger partial charge is 0.465 e. The first-order valence-corrected chi connectivity index (χ1v) is 8.60. The fourth-order valence-electron chi connectivity index (χ4n) is 3.53. The van der Waals surface area contributed by atoms with Crippen LogP contribution in [0, 0.1) is 0 Å². The SMILES string of the molecule is CC1(Nc2ncc(N)c(NC3CCN(C(=O)O)CC3)n2)CCCC1. The number of carboxylic acid groups (broad SMARTS) is 1. The van der Waals surface area contributed by atoms with Crippen molar-refractivity contribution in [2.24, 2.45) is 0 Å². The highest BCUT2D eigenvalue weighted by molar-refractivity contribution is 5.65. The fourth-order valence-corrected chi connectivity index (χ4v) is 3.53. The van der Waals surface area contributed by atoms with Crippen LogP contribution in [0.1, 0.15) is 45.4 Å². The Bertz CT molecular complexity index is 594. The molecule has 0 bridgehead atoms. The first-order chi connectivity index (χ1) is 11.5. The van der Waals surface area contributed by atoms with Gasteiger partial charge in [0.25, 0.3) is 0 Å². The molecule has 1 aliphatic carbocycles. The van der Waals surface area contributed by atoms with E-state index in [0.29, 0.717) is 30.5 Å². The van der Waals surface area contributed by atoms with Crippen molar-refractivity contribution >= 4 is 23.5 Å². The summed E-state index contributed by atoms with van der Waals surface area (Å²) in [7, 11) is 0. The average molecular weight is 334 g/mol. The van der Waals surface area contributed by atoms with Crippen LogP contribution in [-0.4, -0.2) is 50.7 Å². The van der Waals surface area contributed by atoms with Gasteiger partial charge in [0, 0.05) is 24.7 Å². The topological polar surface area (TPSA) is 116 Å². The maximum Gasteiger partial charge on any atom is 0.407 e. The minimum absolute atomic E-state index is 0.0558. The fraction of sp³-hybridized carbons (Fsp3) is 0.688. The lowest BCUT2D eigenvalue weighted by Crippen LogP contribution is -2.41. The predicted octanol–water partition coefficient (Wildman–Crippen LogP) is 2.36. The van der Waals surface area contributed by atoms with Gasteiger partial charge in [-0.25, -0.2) is 9.78 Å². The molecule has 1 saturated carbocycles. The summed E-state index contributed by atoms with van der Waals surface area (Å²) < 4.78 is 0. The van der Waals surface area contributed by atoms with Crippen LogP contribution in [0.2, 0.25) is 0 Å². The monoisotopic (exact) mass is 334 g/mol. The summed E-state index contributed by atoms with van der Waals surface area (Å²) in [6, 6.07) is 0.174. The van der Waals surface area contributed by atoms with E-state index in [2.05, 4.69) is 27.5 Å². The summed E-state index contributed by atoms with van der Waals surface area (Å²) in [4.78, 5) is 21.3. The lowest BCUT2D eigenvalue weighted by Gasteiger charge is -2.31. The minimum Gasteiger partial charge on any atom is -0.465 e. The lowest BCUT2D eigenvalue weighted by molar-refractivity contribution is 0.134. The van der Waals surface area contributed by atoms with E-state index in [0.717, 1.165) is 25.7 Å². The third kappa shape index (κ3) is 3.80. The number of rotatable bonds is 4. The van der Waals surface area contributed by atoms with Crippen LogP contribution < -0.4 is 16.4 Å². The second kappa shape index (κ2) is 6.70. The number of nitrogen functional groups attached to an aromatic ring is 1. The Hall–Kier alpha value is -2.25. The van der Waals surface area contributed by atoms with Crippen molar-refractivity contribution in [1.29, 1.82) is 0 Å². The summed E-state index contributed by atoms with van der Waals surface area (Å²) in [5, 5.41) is 15.8. The van der Waals surface area contributed by atoms with Crippen molar-refractivity contribution in [1.82, 2.24) is 14.9 Å². The third-order valence-corrected chi connectivity index (χ3v) is 5.04. The summed E-state index contributed by atoms with van der Waals surface area (Å²) in [5.41, 5.74) is 6.57. The second-order valence-corrected chi connectivity index (χ2v) is 7.08. The Morgan fingerprint density at radius 1 is 1.38 bits per heavy atom. The van der Waals surface area contributed by atoms with Crippen LogP contribution in [0.15, 0.2) is 6.20 Å². The summed E-state index contributed by atoms with van der Waals surface area (Å²) >= 11 is 0. The number of aromatic nitrogens is 2. The van der Waals surface area contributed by atoms with Gasteiger partial charge in [-0.15, -0.1) is 0 Å². The van der Waals surface area contributed by atoms with Crippen molar-refractivity contribution in [2.45, 2.75) is 57.0 Å². The van der Waals surface area contributed by atoms with E-state index in [1.165, 1.54) is 17.7 Å². The van der Waals surface area contributed by atoms with E-state index >= 15 is 0 Å². The molecule has 1 aliphatic heterocycles. The molecular weight excluding hydrogens is 308 g/mol. The number of amides is 1. The Kier molecular flexibility index (Phi) is 4.64. The van der Waals surface area contributed by atoms with Crippen LogP contribution in [0.5, 0.6) is 0 Å². The minimum atomic E-state index is -0.855. The van der Waals surface area contributed by atoms with Gasteiger partial charge in [-0.1, -0.05) is 12.8 Å². The van der Waals surface area contributed by atoms with Gasteiger partial charge in [0.1, 0.15) is 0 Å². The number of hydrogen-bond acceptors (Lipinski definition) is 6. The summed E-state index contributed by atoms with van der Waals surface area (Å²) in [6.45, 7) is 3.26. The van der Waals surface area contributed by atoms with Gasteiger partial charge in [-0.3, -0.25) is 0 Å². The first kappa shape index (κ1) is 16.6. The molecule has 3 rings (SSSR count). The zero-order chi connectivity index (χ0) is 17.2. The van der Waals surface area contributed by atoms with E-state index in [-0.39, 0.29) is 11.6 Å². The van der Waals surface area contributed by atoms with Gasteiger partial charge >= 0.3 is 6.09 Å². The molecule has 2 fully saturated rings. The number of nitrogens with two attached hydrogens (primary N) is 1. The predicted molar refractivity (Wildman–Crippen MR) is 93.2 cm³/mol. The van der Waals surface area contributed by atoms with E-state index in [1.807, 2.05) is 0 Å². The van der Waals surface area contributed by atoms with E-state index in [1.54, 1.807) is 6.20 Å². The van der Waals surface area contributed by atoms with E-state index < -0.39 is 6.09 Å². The number of piperidine rings is 1. The third-order valence-electron chi connectivity index (χ3n) is 5.04. The van der Waals surface area contributed by atoms with Gasteiger partial charge in [-0.2, -0.15) is 4.98 Å². The number of hydrogen-bond donors (Lipinski definition) is 4. The van der Waals surface area contributed by atoms with Crippen molar-refractivity contribution in [2.75, 3.05) is 29.5 Å². The Labute approximate surface area is 141 Å². The van der Waals surface area contributed by atoms with Crippen LogP contribution in [0.4, 0.5) is 22.2 Å². The maximum absolute atomic E-state index is 11.0. The number of anilines is 3. The van der Waals surface area contributed by atoms with Crippen molar-refractivity contribution in [3.05, 3.63) is 6.20 Å². The first-order valence-electron chi connectivity index (χ1n) is 8.60. The highest BCUT2D eigenvalue weighted by Crippen LogP contribution is 2.32. The highest BCUT2D eigenvalue weighted by Gasteiger charge is 2.29. The number of nitrogens with one attached hydrogen (secondary N) is 2. The smallest absolute Gasteiger partial charge is 0.407 e. The molecule has 24 heavy (non-hydrogen) atoms. The molecular formula is C16H26N6O2. The quantitative estimate of drug-likeness (QED) is 0.668. The molecule has 1 amide bonds. The molecule has 0 radical (unpaired) electrons. The molecule has 8 nitrogen and oxygen atoms in total. The normalized spacial score (nSPS) is 20.8. The van der Waals surface area contributed by atoms with Gasteiger partial charge in [0.15, 0.2) is 5.82 Å². The number of carbonyl (C=O) groups is 1. The molecule has 2 heterocycles. The molecule has 8 heteroatoms. The molecule has 2 aliphatic rings. The van der Waals surface area contributed by atoms with Gasteiger partial charge < -0.3 is 26.4 Å². The average Bonchev–Trinajstić information content (AvgIpc) is 2.97. The molecule has 5 N–H and O–H groups in total. The molecule has 1 aromatic heterocycles. The van der Waals surface area contributed by atoms with Gasteiger partial charge in [0.2, 0.25) is 5.95 Å². The number of nitrogens with zero attached hydrogens (tertiary/aromatic N) is 3. The zero-order valence-corrected chi connectivity index (χ0v) is 14.1. The Balaban J connectivity index is 1.63. The summed E-state index contributed by atoms with van der Waals surface area (Å²) in [6.07, 6.45) is 6.96. The maximum atomic E-state index is 11.0. The zero-order valence-electron chi connectivity index (χ0n) is 14.1. The standard InChI is InChI=1S/C16H26N6O2/c1-16(6-2-3-7-16)21-14-18-10-12(17)13(20-14)19-11-4-8-22(9-5-11)15(23)24/h10-11H,2-9,17H2,1H3,(H,23,24)(H2,18,19,20,21). The Morgan fingerprint density at radius 2 is 2.04 bits per heavy atom. The van der Waals surface area contributed by atoms with E-state index in [4.69, 9.17) is 10.8 Å². The van der Waals surface area contributed by atoms with Crippen LogP contribution >= 0.6 is 0 Å². The highest BCUT2D eigenvalue weighted by atomic mass is 16.4.